The van der Waals surface area contributed by atoms with Crippen molar-refractivity contribution in [1.82, 2.24) is 9.88 Å². The lowest BCUT2D eigenvalue weighted by molar-refractivity contribution is 0.236. The summed E-state index contributed by atoms with van der Waals surface area (Å²) in [7, 11) is 0. The third-order valence-corrected chi connectivity index (χ3v) is 5.57. The molecule has 0 unspecified atom stereocenters. The van der Waals surface area contributed by atoms with Crippen LogP contribution in [0.4, 0.5) is 0 Å². The first-order valence-electron chi connectivity index (χ1n) is 10.8. The molecule has 32 heavy (non-hydrogen) atoms. The van der Waals surface area contributed by atoms with Gasteiger partial charge in [0.1, 0.15) is 17.5 Å². The number of halogens is 1. The van der Waals surface area contributed by atoms with Crippen LogP contribution in [0.1, 0.15) is 27.9 Å². The summed E-state index contributed by atoms with van der Waals surface area (Å²) in [5.41, 5.74) is 5.63. The zero-order valence-electron chi connectivity index (χ0n) is 18.2. The van der Waals surface area contributed by atoms with Crippen LogP contribution >= 0.6 is 11.6 Å². The molecule has 1 aromatic heterocycles. The third kappa shape index (κ3) is 6.19. The maximum atomic E-state index is 6.30. The van der Waals surface area contributed by atoms with Gasteiger partial charge in [-0.15, -0.1) is 0 Å². The third-order valence-electron chi connectivity index (χ3n) is 5.38. The van der Waals surface area contributed by atoms with Crippen LogP contribution < -0.4 is 4.74 Å². The molecule has 4 heteroatoms. The minimum Gasteiger partial charge on any atom is -0.488 e. The molecule has 0 saturated carbocycles. The Bertz CT molecular complexity index is 1080. The fraction of sp³-hybridized carbons (Fsp3) is 0.179. The number of hydrogen-bond donors (Lipinski definition) is 0. The monoisotopic (exact) mass is 442 g/mol. The summed E-state index contributed by atoms with van der Waals surface area (Å²) in [4.78, 5) is 6.93. The Labute approximate surface area is 195 Å². The average Bonchev–Trinajstić information content (AvgIpc) is 2.81. The van der Waals surface area contributed by atoms with Crippen LogP contribution in [0.3, 0.4) is 0 Å². The van der Waals surface area contributed by atoms with Crippen molar-refractivity contribution >= 4 is 11.6 Å². The van der Waals surface area contributed by atoms with Crippen molar-refractivity contribution in [2.24, 2.45) is 0 Å². The van der Waals surface area contributed by atoms with Crippen molar-refractivity contribution in [1.29, 1.82) is 0 Å². The lowest BCUT2D eigenvalue weighted by Gasteiger charge is -2.25. The number of pyridine rings is 1. The normalized spacial score (nSPS) is 11.0. The summed E-state index contributed by atoms with van der Waals surface area (Å²) in [5.74, 6) is 0.789. The zero-order chi connectivity index (χ0) is 22.2. The molecule has 0 N–H and O–H groups in total. The molecule has 0 amide bonds. The van der Waals surface area contributed by atoms with Crippen molar-refractivity contribution in [2.75, 3.05) is 0 Å². The lowest BCUT2D eigenvalue weighted by atomic mass is 10.1. The molecule has 0 aliphatic carbocycles. The topological polar surface area (TPSA) is 25.4 Å². The molecular formula is C28H27ClN2O. The molecular weight excluding hydrogens is 416 g/mol. The van der Waals surface area contributed by atoms with Gasteiger partial charge in [-0.3, -0.25) is 4.90 Å². The van der Waals surface area contributed by atoms with E-state index in [2.05, 4.69) is 70.5 Å². The second-order valence-corrected chi connectivity index (χ2v) is 8.28. The minimum absolute atomic E-state index is 0.451. The maximum Gasteiger partial charge on any atom is 0.133 e. The van der Waals surface area contributed by atoms with Crippen LogP contribution in [-0.2, 0) is 26.2 Å². The predicted molar refractivity (Wildman–Crippen MR) is 131 cm³/mol. The smallest absolute Gasteiger partial charge is 0.133 e. The van der Waals surface area contributed by atoms with Gasteiger partial charge in [-0.25, -0.2) is 4.98 Å². The fourth-order valence-electron chi connectivity index (χ4n) is 3.76. The van der Waals surface area contributed by atoms with Crippen molar-refractivity contribution in [2.45, 2.75) is 33.2 Å². The SMILES string of the molecule is Cc1nc(Cl)cc(OCc2ccccc2)c1CN(Cc1ccccc1)Cc1ccccc1. The molecule has 1 heterocycles. The highest BCUT2D eigenvalue weighted by molar-refractivity contribution is 6.29. The Morgan fingerprint density at radius 1 is 0.719 bits per heavy atom. The quantitative estimate of drug-likeness (QED) is 0.266. The summed E-state index contributed by atoms with van der Waals surface area (Å²) in [6, 6.07) is 33.1. The number of aromatic nitrogens is 1. The van der Waals surface area contributed by atoms with Crippen molar-refractivity contribution < 1.29 is 4.74 Å². The largest absolute Gasteiger partial charge is 0.488 e. The molecule has 0 fully saturated rings. The highest BCUT2D eigenvalue weighted by Gasteiger charge is 2.16. The molecule has 0 aliphatic rings. The minimum atomic E-state index is 0.451. The molecule has 0 atom stereocenters. The molecule has 162 valence electrons. The van der Waals surface area contributed by atoms with E-state index in [1.54, 1.807) is 0 Å². The van der Waals surface area contributed by atoms with Gasteiger partial charge in [-0.2, -0.15) is 0 Å². The number of ether oxygens (including phenoxy) is 1. The highest BCUT2D eigenvalue weighted by atomic mass is 35.5. The summed E-state index contributed by atoms with van der Waals surface area (Å²) >= 11 is 6.30. The Morgan fingerprint density at radius 2 is 1.22 bits per heavy atom. The summed E-state index contributed by atoms with van der Waals surface area (Å²) in [6.07, 6.45) is 0. The van der Waals surface area contributed by atoms with E-state index in [0.29, 0.717) is 18.3 Å². The van der Waals surface area contributed by atoms with Gasteiger partial charge in [0.05, 0.1) is 0 Å². The van der Waals surface area contributed by atoms with Crippen LogP contribution in [0.2, 0.25) is 5.15 Å². The lowest BCUT2D eigenvalue weighted by Crippen LogP contribution is -2.23. The molecule has 0 bridgehead atoms. The van der Waals surface area contributed by atoms with Crippen LogP contribution in [0.15, 0.2) is 97.1 Å². The van der Waals surface area contributed by atoms with Gasteiger partial charge in [0.2, 0.25) is 0 Å². The highest BCUT2D eigenvalue weighted by Crippen LogP contribution is 2.28. The predicted octanol–water partition coefficient (Wildman–Crippen LogP) is 6.82. The van der Waals surface area contributed by atoms with Crippen molar-refractivity contribution in [3.05, 3.63) is 130 Å². The van der Waals surface area contributed by atoms with E-state index >= 15 is 0 Å². The summed E-state index contributed by atoms with van der Waals surface area (Å²) in [5, 5.41) is 0.451. The average molecular weight is 443 g/mol. The molecule has 4 rings (SSSR count). The number of rotatable bonds is 9. The van der Waals surface area contributed by atoms with Gasteiger partial charge < -0.3 is 4.74 Å². The van der Waals surface area contributed by atoms with Gasteiger partial charge >= 0.3 is 0 Å². The van der Waals surface area contributed by atoms with E-state index in [9.17, 15) is 0 Å². The second-order valence-electron chi connectivity index (χ2n) is 7.90. The molecule has 0 aliphatic heterocycles. The first-order valence-corrected chi connectivity index (χ1v) is 11.2. The van der Waals surface area contributed by atoms with Gasteiger partial charge in [-0.1, -0.05) is 103 Å². The number of benzene rings is 3. The van der Waals surface area contributed by atoms with E-state index in [1.807, 2.05) is 43.3 Å². The Balaban J connectivity index is 1.59. The molecule has 3 nitrogen and oxygen atoms in total. The Kier molecular flexibility index (Phi) is 7.55. The molecule has 0 saturated heterocycles. The van der Waals surface area contributed by atoms with Crippen molar-refractivity contribution in [3.8, 4) is 5.75 Å². The van der Waals surface area contributed by atoms with E-state index < -0.39 is 0 Å². The summed E-state index contributed by atoms with van der Waals surface area (Å²) < 4.78 is 6.24. The zero-order valence-corrected chi connectivity index (χ0v) is 19.0. The van der Waals surface area contributed by atoms with Gasteiger partial charge in [-0.05, 0) is 23.6 Å². The van der Waals surface area contributed by atoms with Crippen LogP contribution in [0.25, 0.3) is 0 Å². The number of nitrogens with zero attached hydrogens (tertiary/aromatic N) is 2. The first-order chi connectivity index (χ1) is 15.7. The summed E-state index contributed by atoms with van der Waals surface area (Å²) in [6.45, 7) is 4.86. The number of aryl methyl sites for hydroxylation is 1. The maximum absolute atomic E-state index is 6.30. The van der Waals surface area contributed by atoms with Gasteiger partial charge in [0, 0.05) is 37.0 Å². The van der Waals surface area contributed by atoms with Crippen LogP contribution in [0, 0.1) is 6.92 Å². The van der Waals surface area contributed by atoms with E-state index in [4.69, 9.17) is 16.3 Å². The number of hydrogen-bond acceptors (Lipinski definition) is 3. The van der Waals surface area contributed by atoms with Gasteiger partial charge in [0.15, 0.2) is 0 Å². The molecule has 0 radical (unpaired) electrons. The van der Waals surface area contributed by atoms with Gasteiger partial charge in [0.25, 0.3) is 0 Å². The molecule has 4 aromatic rings. The first kappa shape index (κ1) is 22.1. The van der Waals surface area contributed by atoms with Crippen molar-refractivity contribution in [3.63, 3.8) is 0 Å². The van der Waals surface area contributed by atoms with E-state index in [1.165, 1.54) is 11.1 Å². The van der Waals surface area contributed by atoms with Crippen LogP contribution in [-0.4, -0.2) is 9.88 Å². The Morgan fingerprint density at radius 3 is 1.75 bits per heavy atom. The van der Waals surface area contributed by atoms with E-state index in [-0.39, 0.29) is 0 Å². The second kappa shape index (κ2) is 10.9. The van der Waals surface area contributed by atoms with E-state index in [0.717, 1.165) is 35.7 Å². The van der Waals surface area contributed by atoms with Crippen LogP contribution in [0.5, 0.6) is 5.75 Å². The Hall–Kier alpha value is -3.14. The standard InChI is InChI=1S/C28H27ClN2O/c1-22-26(27(17-28(29)30-22)32-21-25-15-9-4-10-16-25)20-31(18-23-11-5-2-6-12-23)19-24-13-7-3-8-14-24/h2-17H,18-21H2,1H3. The molecule has 0 spiro atoms. The molecule has 3 aromatic carbocycles. The fourth-order valence-corrected chi connectivity index (χ4v) is 3.99.